The third-order valence-corrected chi connectivity index (χ3v) is 4.82. The van der Waals surface area contributed by atoms with E-state index < -0.39 is 0 Å². The maximum Gasteiger partial charge on any atom is 0.300 e. The van der Waals surface area contributed by atoms with E-state index in [1.165, 1.54) is 23.7 Å². The van der Waals surface area contributed by atoms with Crippen molar-refractivity contribution in [3.05, 3.63) is 58.0 Å². The zero-order valence-corrected chi connectivity index (χ0v) is 13.5. The van der Waals surface area contributed by atoms with Crippen molar-refractivity contribution in [3.8, 4) is 0 Å². The van der Waals surface area contributed by atoms with Crippen LogP contribution < -0.4 is 5.56 Å². The zero-order valence-electron chi connectivity index (χ0n) is 12.7. The van der Waals surface area contributed by atoms with Crippen molar-refractivity contribution in [1.29, 1.82) is 0 Å². The molecule has 22 heavy (non-hydrogen) atoms. The lowest BCUT2D eigenvalue weighted by molar-refractivity contribution is 0.601. The van der Waals surface area contributed by atoms with Crippen LogP contribution in [0.3, 0.4) is 0 Å². The number of hydrogen-bond acceptors (Lipinski definition) is 4. The number of allylic oxidation sites excluding steroid dienone is 2. The molecule has 0 bridgehead atoms. The molecule has 1 aromatic carbocycles. The second kappa shape index (κ2) is 6.92. The highest BCUT2D eigenvalue weighted by molar-refractivity contribution is 7.98. The van der Waals surface area contributed by atoms with Crippen LogP contribution in [0.2, 0.25) is 0 Å². The smallest absolute Gasteiger partial charge is 0.265 e. The van der Waals surface area contributed by atoms with E-state index >= 15 is 0 Å². The molecule has 0 atom stereocenters. The summed E-state index contributed by atoms with van der Waals surface area (Å²) in [5.74, 6) is 0.783. The van der Waals surface area contributed by atoms with Crippen LogP contribution in [0.4, 0.5) is 0 Å². The summed E-state index contributed by atoms with van der Waals surface area (Å²) in [5.41, 5.74) is 2.58. The molecule has 3 rings (SSSR count). The van der Waals surface area contributed by atoms with Gasteiger partial charge in [0.25, 0.3) is 5.56 Å². The number of thioether (sulfide) groups is 1. The summed E-state index contributed by atoms with van der Waals surface area (Å²) >= 11 is 1.54. The fraction of sp³-hybridized carbons (Fsp3) is 0.353. The first-order chi connectivity index (χ1) is 10.7. The minimum absolute atomic E-state index is 0.207. The van der Waals surface area contributed by atoms with Gasteiger partial charge in [-0.15, -0.1) is 0 Å². The largest absolute Gasteiger partial charge is 0.300 e. The number of hydrogen-bond donors (Lipinski definition) is 0. The van der Waals surface area contributed by atoms with Crippen LogP contribution in [-0.4, -0.2) is 14.8 Å². The molecule has 0 saturated carbocycles. The molecule has 0 unspecified atom stereocenters. The van der Waals surface area contributed by atoms with E-state index in [2.05, 4.69) is 28.3 Å². The van der Waals surface area contributed by atoms with E-state index in [1.54, 1.807) is 4.68 Å². The number of benzene rings is 1. The number of aromatic nitrogens is 3. The fourth-order valence-corrected chi connectivity index (χ4v) is 3.41. The summed E-state index contributed by atoms with van der Waals surface area (Å²) in [6, 6.07) is 10.2. The maximum atomic E-state index is 12.3. The standard InChI is InChI=1S/C17H19N3OS/c1-20-17(22-12-13-8-4-2-5-9-13)18-16(21)15(19-20)14-10-6-3-7-11-14/h2,4-5,8-10H,3,6-7,11-12H2,1H3. The Morgan fingerprint density at radius 2 is 2.05 bits per heavy atom. The van der Waals surface area contributed by atoms with Crippen molar-refractivity contribution >= 4 is 17.3 Å². The van der Waals surface area contributed by atoms with Gasteiger partial charge in [0, 0.05) is 12.8 Å². The van der Waals surface area contributed by atoms with Gasteiger partial charge in [0.15, 0.2) is 10.9 Å². The summed E-state index contributed by atoms with van der Waals surface area (Å²) in [6.07, 6.45) is 6.42. The Hall–Kier alpha value is -1.88. The Morgan fingerprint density at radius 1 is 1.23 bits per heavy atom. The Morgan fingerprint density at radius 3 is 2.77 bits per heavy atom. The van der Waals surface area contributed by atoms with Crippen LogP contribution in [-0.2, 0) is 12.8 Å². The lowest BCUT2D eigenvalue weighted by Crippen LogP contribution is -2.21. The van der Waals surface area contributed by atoms with Crippen LogP contribution in [0.1, 0.15) is 36.9 Å². The predicted molar refractivity (Wildman–Crippen MR) is 89.7 cm³/mol. The predicted octanol–water partition coefficient (Wildman–Crippen LogP) is 3.43. The first-order valence-electron chi connectivity index (χ1n) is 7.55. The molecule has 0 spiro atoms. The van der Waals surface area contributed by atoms with E-state index in [0.29, 0.717) is 10.9 Å². The maximum absolute atomic E-state index is 12.3. The van der Waals surface area contributed by atoms with Gasteiger partial charge in [0.2, 0.25) is 0 Å². The minimum Gasteiger partial charge on any atom is -0.265 e. The SMILES string of the molecule is Cn1nc(C2=CCCCC2)c(=O)nc1SCc1ccccc1. The molecule has 2 aromatic rings. The van der Waals surface area contributed by atoms with E-state index in [0.717, 1.165) is 30.6 Å². The van der Waals surface area contributed by atoms with Crippen molar-refractivity contribution < 1.29 is 0 Å². The highest BCUT2D eigenvalue weighted by Crippen LogP contribution is 2.24. The van der Waals surface area contributed by atoms with Gasteiger partial charge in [-0.05, 0) is 36.8 Å². The summed E-state index contributed by atoms with van der Waals surface area (Å²) in [6.45, 7) is 0. The molecule has 1 aliphatic carbocycles. The van der Waals surface area contributed by atoms with Crippen LogP contribution in [0.25, 0.3) is 5.57 Å². The summed E-state index contributed by atoms with van der Waals surface area (Å²) in [7, 11) is 1.85. The molecule has 0 amide bonds. The van der Waals surface area contributed by atoms with E-state index in [1.807, 2.05) is 25.2 Å². The van der Waals surface area contributed by atoms with Crippen molar-refractivity contribution in [1.82, 2.24) is 14.8 Å². The molecule has 5 heteroatoms. The normalized spacial score (nSPS) is 14.7. The molecular formula is C17H19N3OS. The molecule has 0 N–H and O–H groups in total. The number of aryl methyl sites for hydroxylation is 1. The lowest BCUT2D eigenvalue weighted by atomic mass is 9.97. The van der Waals surface area contributed by atoms with Gasteiger partial charge in [-0.3, -0.25) is 4.79 Å². The average molecular weight is 313 g/mol. The Balaban J connectivity index is 1.80. The summed E-state index contributed by atoms with van der Waals surface area (Å²) < 4.78 is 1.72. The van der Waals surface area contributed by atoms with Crippen molar-refractivity contribution in [2.45, 2.75) is 36.6 Å². The van der Waals surface area contributed by atoms with Crippen LogP contribution >= 0.6 is 11.8 Å². The second-order valence-corrected chi connectivity index (χ2v) is 6.36. The van der Waals surface area contributed by atoms with Crippen molar-refractivity contribution in [3.63, 3.8) is 0 Å². The third kappa shape index (κ3) is 3.47. The van der Waals surface area contributed by atoms with Crippen LogP contribution in [0.5, 0.6) is 0 Å². The molecule has 4 nitrogen and oxygen atoms in total. The van der Waals surface area contributed by atoms with E-state index in [4.69, 9.17) is 0 Å². The molecule has 1 aliphatic rings. The number of rotatable bonds is 4. The monoisotopic (exact) mass is 313 g/mol. The highest BCUT2D eigenvalue weighted by atomic mass is 32.2. The molecule has 0 fully saturated rings. The second-order valence-electron chi connectivity index (χ2n) is 5.42. The average Bonchev–Trinajstić information content (AvgIpc) is 2.57. The Bertz CT molecular complexity index is 737. The van der Waals surface area contributed by atoms with Gasteiger partial charge in [-0.2, -0.15) is 10.1 Å². The van der Waals surface area contributed by atoms with Crippen molar-refractivity contribution in [2.24, 2.45) is 7.05 Å². The lowest BCUT2D eigenvalue weighted by Gasteiger charge is -2.13. The zero-order chi connectivity index (χ0) is 15.4. The van der Waals surface area contributed by atoms with Gasteiger partial charge in [-0.1, -0.05) is 48.2 Å². The molecular weight excluding hydrogens is 294 g/mol. The molecule has 0 radical (unpaired) electrons. The van der Waals surface area contributed by atoms with Crippen LogP contribution in [0.15, 0.2) is 46.4 Å². The molecule has 114 valence electrons. The number of nitrogens with zero attached hydrogens (tertiary/aromatic N) is 3. The molecule has 1 aromatic heterocycles. The van der Waals surface area contributed by atoms with Gasteiger partial charge >= 0.3 is 0 Å². The van der Waals surface area contributed by atoms with Crippen LogP contribution in [0, 0.1) is 0 Å². The Labute approximate surface area is 134 Å². The third-order valence-electron chi connectivity index (χ3n) is 3.73. The van der Waals surface area contributed by atoms with Crippen molar-refractivity contribution in [2.75, 3.05) is 0 Å². The van der Waals surface area contributed by atoms with E-state index in [-0.39, 0.29) is 5.56 Å². The summed E-state index contributed by atoms with van der Waals surface area (Å²) in [5, 5.41) is 5.12. The van der Waals surface area contributed by atoms with Gasteiger partial charge in [0.1, 0.15) is 0 Å². The van der Waals surface area contributed by atoms with E-state index in [9.17, 15) is 4.79 Å². The summed E-state index contributed by atoms with van der Waals surface area (Å²) in [4.78, 5) is 16.5. The molecule has 0 saturated heterocycles. The first kappa shape index (κ1) is 15.0. The van der Waals surface area contributed by atoms with Gasteiger partial charge in [-0.25, -0.2) is 4.68 Å². The van der Waals surface area contributed by atoms with Gasteiger partial charge in [0.05, 0.1) is 0 Å². The minimum atomic E-state index is -0.207. The Kier molecular flexibility index (Phi) is 4.73. The topological polar surface area (TPSA) is 47.8 Å². The molecule has 0 aliphatic heterocycles. The quantitative estimate of drug-likeness (QED) is 0.811. The first-order valence-corrected chi connectivity index (χ1v) is 8.54. The highest BCUT2D eigenvalue weighted by Gasteiger charge is 2.14. The molecule has 1 heterocycles. The fourth-order valence-electron chi connectivity index (χ4n) is 2.55. The van der Waals surface area contributed by atoms with Gasteiger partial charge < -0.3 is 0 Å².